The van der Waals surface area contributed by atoms with Crippen molar-refractivity contribution in [1.29, 1.82) is 0 Å². The quantitative estimate of drug-likeness (QED) is 0.749. The van der Waals surface area contributed by atoms with Crippen molar-refractivity contribution in [1.82, 2.24) is 15.5 Å². The Labute approximate surface area is 85.0 Å². The summed E-state index contributed by atoms with van der Waals surface area (Å²) in [6.07, 6.45) is 0.169. The zero-order valence-electron chi connectivity index (χ0n) is 9.29. The predicted octanol–water partition coefficient (Wildman–Crippen LogP) is 1.34. The molecule has 0 saturated carbocycles. The van der Waals surface area contributed by atoms with Crippen LogP contribution in [0.4, 0.5) is 0 Å². The van der Waals surface area contributed by atoms with Gasteiger partial charge < -0.3 is 10.1 Å². The Morgan fingerprint density at radius 1 is 1.57 bits per heavy atom. The van der Waals surface area contributed by atoms with Gasteiger partial charge in [-0.15, -0.1) is 5.10 Å². The minimum atomic E-state index is 0.169. The maximum absolute atomic E-state index is 5.73. The van der Waals surface area contributed by atoms with Crippen LogP contribution in [0.25, 0.3) is 0 Å². The zero-order chi connectivity index (χ0) is 10.6. The average molecular weight is 197 g/mol. The molecule has 14 heavy (non-hydrogen) atoms. The van der Waals surface area contributed by atoms with Gasteiger partial charge in [-0.1, -0.05) is 13.8 Å². The van der Waals surface area contributed by atoms with E-state index < -0.39 is 0 Å². The first-order valence-corrected chi connectivity index (χ1v) is 4.96. The van der Waals surface area contributed by atoms with Crippen LogP contribution in [0.1, 0.15) is 19.5 Å². The molecule has 0 aromatic carbocycles. The molecule has 0 aliphatic rings. The first-order valence-electron chi connectivity index (χ1n) is 4.96. The molecule has 0 aliphatic carbocycles. The number of rotatable bonds is 5. The van der Waals surface area contributed by atoms with Crippen molar-refractivity contribution in [3.63, 3.8) is 0 Å². The summed E-state index contributed by atoms with van der Waals surface area (Å²) in [6, 6.07) is 1.91. The number of aromatic nitrogens is 2. The second-order valence-corrected chi connectivity index (χ2v) is 3.85. The summed E-state index contributed by atoms with van der Waals surface area (Å²) in [5.41, 5.74) is 1.02. The summed E-state index contributed by atoms with van der Waals surface area (Å²) in [7, 11) is 1.93. The molecular formula is C10H19N3O. The number of H-pyrrole nitrogens is 1. The number of nitrogens with zero attached hydrogens (tertiary/aromatic N) is 1. The fourth-order valence-electron chi connectivity index (χ4n) is 1.22. The molecule has 0 saturated heterocycles. The van der Waals surface area contributed by atoms with Crippen molar-refractivity contribution >= 4 is 0 Å². The Bertz CT molecular complexity index is 270. The third-order valence-corrected chi connectivity index (χ3v) is 2.10. The van der Waals surface area contributed by atoms with Crippen LogP contribution in [0.15, 0.2) is 6.07 Å². The van der Waals surface area contributed by atoms with E-state index in [4.69, 9.17) is 4.74 Å². The van der Waals surface area contributed by atoms with Gasteiger partial charge >= 0.3 is 0 Å². The molecule has 4 heteroatoms. The van der Waals surface area contributed by atoms with Gasteiger partial charge in [-0.25, -0.2) is 0 Å². The van der Waals surface area contributed by atoms with Crippen LogP contribution in [0.3, 0.4) is 0 Å². The van der Waals surface area contributed by atoms with Crippen LogP contribution in [0, 0.1) is 12.8 Å². The molecule has 1 atom stereocenters. The topological polar surface area (TPSA) is 49.9 Å². The lowest BCUT2D eigenvalue weighted by molar-refractivity contribution is 0.145. The molecular weight excluding hydrogens is 178 g/mol. The van der Waals surface area contributed by atoms with Crippen LogP contribution in [0.2, 0.25) is 0 Å². The summed E-state index contributed by atoms with van der Waals surface area (Å²) in [4.78, 5) is 0. The molecule has 1 heterocycles. The van der Waals surface area contributed by atoms with Crippen LogP contribution >= 0.6 is 0 Å². The second kappa shape index (κ2) is 5.00. The Balaban J connectivity index is 2.55. The lowest BCUT2D eigenvalue weighted by Crippen LogP contribution is -2.33. The third kappa shape index (κ3) is 3.03. The van der Waals surface area contributed by atoms with Crippen molar-refractivity contribution in [2.75, 3.05) is 13.6 Å². The molecule has 80 valence electrons. The van der Waals surface area contributed by atoms with E-state index in [9.17, 15) is 0 Å². The standard InChI is InChI=1S/C10H19N3O/c1-7(2)9(6-11-4)14-10-5-8(3)12-13-10/h5,7,9,11H,6H2,1-4H3,(H,12,13). The monoisotopic (exact) mass is 197 g/mol. The van der Waals surface area contributed by atoms with Crippen molar-refractivity contribution in [2.24, 2.45) is 5.92 Å². The molecule has 0 radical (unpaired) electrons. The smallest absolute Gasteiger partial charge is 0.233 e. The van der Waals surface area contributed by atoms with Crippen molar-refractivity contribution in [3.05, 3.63) is 11.8 Å². The maximum Gasteiger partial charge on any atom is 0.233 e. The van der Waals surface area contributed by atoms with Crippen molar-refractivity contribution in [2.45, 2.75) is 26.9 Å². The molecule has 1 rings (SSSR count). The van der Waals surface area contributed by atoms with Gasteiger partial charge in [0.1, 0.15) is 6.10 Å². The van der Waals surface area contributed by atoms with E-state index in [0.717, 1.165) is 12.2 Å². The summed E-state index contributed by atoms with van der Waals surface area (Å²) in [5.74, 6) is 1.15. The predicted molar refractivity (Wildman–Crippen MR) is 56.5 cm³/mol. The van der Waals surface area contributed by atoms with Crippen LogP contribution in [-0.4, -0.2) is 29.9 Å². The number of hydrogen-bond acceptors (Lipinski definition) is 3. The highest BCUT2D eigenvalue weighted by Gasteiger charge is 2.15. The highest BCUT2D eigenvalue weighted by molar-refractivity contribution is 5.12. The number of likely N-dealkylation sites (N-methyl/N-ethyl adjacent to an activating group) is 1. The van der Waals surface area contributed by atoms with Crippen molar-refractivity contribution < 1.29 is 4.74 Å². The van der Waals surface area contributed by atoms with E-state index in [0.29, 0.717) is 11.8 Å². The Kier molecular flexibility index (Phi) is 3.95. The molecule has 1 aromatic rings. The molecule has 4 nitrogen and oxygen atoms in total. The van der Waals surface area contributed by atoms with Crippen LogP contribution < -0.4 is 10.1 Å². The fourth-order valence-corrected chi connectivity index (χ4v) is 1.22. The Morgan fingerprint density at radius 2 is 2.29 bits per heavy atom. The average Bonchev–Trinajstić information content (AvgIpc) is 2.50. The van der Waals surface area contributed by atoms with Crippen LogP contribution in [-0.2, 0) is 0 Å². The maximum atomic E-state index is 5.73. The minimum Gasteiger partial charge on any atom is -0.472 e. The van der Waals surface area contributed by atoms with Gasteiger partial charge in [0.25, 0.3) is 0 Å². The van der Waals surface area contributed by atoms with Gasteiger partial charge in [-0.05, 0) is 19.9 Å². The summed E-state index contributed by atoms with van der Waals surface area (Å²) >= 11 is 0. The van der Waals surface area contributed by atoms with Crippen LogP contribution in [0.5, 0.6) is 5.88 Å². The van der Waals surface area contributed by atoms with Gasteiger partial charge in [-0.2, -0.15) is 0 Å². The second-order valence-electron chi connectivity index (χ2n) is 3.85. The lowest BCUT2D eigenvalue weighted by Gasteiger charge is -2.20. The number of nitrogens with one attached hydrogen (secondary N) is 2. The van der Waals surface area contributed by atoms with E-state index in [1.165, 1.54) is 0 Å². The molecule has 1 aromatic heterocycles. The third-order valence-electron chi connectivity index (χ3n) is 2.10. The van der Waals surface area contributed by atoms with Crippen molar-refractivity contribution in [3.8, 4) is 5.88 Å². The number of aromatic amines is 1. The molecule has 0 amide bonds. The van der Waals surface area contributed by atoms with E-state index in [-0.39, 0.29) is 6.10 Å². The normalized spacial score (nSPS) is 13.2. The molecule has 1 unspecified atom stereocenters. The van der Waals surface area contributed by atoms with E-state index in [2.05, 4.69) is 29.4 Å². The van der Waals surface area contributed by atoms with E-state index >= 15 is 0 Å². The minimum absolute atomic E-state index is 0.169. The summed E-state index contributed by atoms with van der Waals surface area (Å²) in [5, 5.41) is 10.0. The molecule has 0 bridgehead atoms. The highest BCUT2D eigenvalue weighted by Crippen LogP contribution is 2.13. The van der Waals surface area contributed by atoms with Gasteiger partial charge in [-0.3, -0.25) is 5.10 Å². The zero-order valence-corrected chi connectivity index (χ0v) is 9.29. The van der Waals surface area contributed by atoms with Gasteiger partial charge in [0, 0.05) is 18.3 Å². The molecule has 0 spiro atoms. The first kappa shape index (κ1) is 11.0. The van der Waals surface area contributed by atoms with Gasteiger partial charge in [0.2, 0.25) is 5.88 Å². The van der Waals surface area contributed by atoms with E-state index in [1.807, 2.05) is 20.0 Å². The fraction of sp³-hybridized carbons (Fsp3) is 0.700. The first-order chi connectivity index (χ1) is 6.63. The van der Waals surface area contributed by atoms with Gasteiger partial charge in [0.15, 0.2) is 0 Å². The molecule has 2 N–H and O–H groups in total. The molecule has 0 fully saturated rings. The van der Waals surface area contributed by atoms with Gasteiger partial charge in [0.05, 0.1) is 0 Å². The largest absolute Gasteiger partial charge is 0.472 e. The SMILES string of the molecule is CNCC(Oc1cc(C)[nH]n1)C(C)C. The summed E-state index contributed by atoms with van der Waals surface area (Å²) < 4.78 is 5.73. The number of ether oxygens (including phenoxy) is 1. The number of hydrogen-bond donors (Lipinski definition) is 2. The molecule has 0 aliphatic heterocycles. The highest BCUT2D eigenvalue weighted by atomic mass is 16.5. The Hall–Kier alpha value is -1.03. The van der Waals surface area contributed by atoms with E-state index in [1.54, 1.807) is 0 Å². The lowest BCUT2D eigenvalue weighted by atomic mass is 10.1. The summed E-state index contributed by atoms with van der Waals surface area (Å²) in [6.45, 7) is 7.08. The Morgan fingerprint density at radius 3 is 2.71 bits per heavy atom. The number of aryl methyl sites for hydroxylation is 1.